The molecule has 0 spiro atoms. The van der Waals surface area contributed by atoms with Crippen molar-refractivity contribution in [2.24, 2.45) is 0 Å². The average molecular weight is 274 g/mol. The average Bonchev–Trinajstić information content (AvgIpc) is 2.51. The maximum Gasteiger partial charge on any atom is 0.156 e. The largest absolute Gasteiger partial charge is 0.455 e. The zero-order valence-electron chi connectivity index (χ0n) is 11.9. The van der Waals surface area contributed by atoms with Gasteiger partial charge in [-0.2, -0.15) is 5.26 Å². The molecule has 0 aliphatic carbocycles. The lowest BCUT2D eigenvalue weighted by atomic mass is 10.1. The van der Waals surface area contributed by atoms with Gasteiger partial charge < -0.3 is 4.74 Å². The Morgan fingerprint density at radius 2 is 1.90 bits per heavy atom. The van der Waals surface area contributed by atoms with Gasteiger partial charge in [-0.05, 0) is 43.2 Å². The van der Waals surface area contributed by atoms with Crippen LogP contribution < -0.4 is 4.74 Å². The fourth-order valence-electron chi connectivity index (χ4n) is 2.23. The Hall–Kier alpha value is -2.86. The van der Waals surface area contributed by atoms with Gasteiger partial charge >= 0.3 is 0 Å². The Morgan fingerprint density at radius 1 is 1.10 bits per heavy atom. The highest BCUT2D eigenvalue weighted by atomic mass is 16.5. The number of benzene rings is 2. The summed E-state index contributed by atoms with van der Waals surface area (Å²) in [7, 11) is 0. The molecule has 0 N–H and O–H groups in total. The Kier molecular flexibility index (Phi) is 3.29. The fraction of sp³-hybridized carbons (Fsp3) is 0.111. The minimum Gasteiger partial charge on any atom is -0.455 e. The van der Waals surface area contributed by atoms with E-state index in [-0.39, 0.29) is 0 Å². The molecule has 21 heavy (non-hydrogen) atoms. The van der Waals surface area contributed by atoms with Gasteiger partial charge in [0, 0.05) is 11.6 Å². The number of aryl methyl sites for hydroxylation is 2. The van der Waals surface area contributed by atoms with Gasteiger partial charge in [0.15, 0.2) is 5.75 Å². The Bertz CT molecular complexity index is 863. The van der Waals surface area contributed by atoms with Gasteiger partial charge in [-0.25, -0.2) is 0 Å². The molecule has 0 saturated carbocycles. The summed E-state index contributed by atoms with van der Waals surface area (Å²) in [5.41, 5.74) is 3.41. The molecule has 0 aliphatic heterocycles. The Morgan fingerprint density at radius 3 is 2.71 bits per heavy atom. The molecule has 3 heteroatoms. The third-order valence-electron chi connectivity index (χ3n) is 3.40. The van der Waals surface area contributed by atoms with Crippen molar-refractivity contribution in [1.82, 2.24) is 4.98 Å². The van der Waals surface area contributed by atoms with E-state index < -0.39 is 0 Å². The van der Waals surface area contributed by atoms with Crippen molar-refractivity contribution in [1.29, 1.82) is 5.26 Å². The Balaban J connectivity index is 2.19. The number of ether oxygens (including phenoxy) is 1. The van der Waals surface area contributed by atoms with E-state index in [2.05, 4.69) is 11.1 Å². The van der Waals surface area contributed by atoms with Crippen LogP contribution in [0.15, 0.2) is 48.7 Å². The van der Waals surface area contributed by atoms with Gasteiger partial charge in [0.05, 0.1) is 5.52 Å². The fourth-order valence-corrected chi connectivity index (χ4v) is 2.23. The van der Waals surface area contributed by atoms with Crippen LogP contribution in [0.25, 0.3) is 10.9 Å². The number of fused-ring (bicyclic) bond motifs is 1. The van der Waals surface area contributed by atoms with E-state index in [1.807, 2.05) is 56.3 Å². The molecule has 102 valence electrons. The molecule has 3 aromatic rings. The summed E-state index contributed by atoms with van der Waals surface area (Å²) >= 11 is 0. The molecule has 0 amide bonds. The van der Waals surface area contributed by atoms with Gasteiger partial charge in [0.25, 0.3) is 0 Å². The van der Waals surface area contributed by atoms with Gasteiger partial charge in [-0.3, -0.25) is 4.98 Å². The minimum absolute atomic E-state index is 0.439. The topological polar surface area (TPSA) is 45.9 Å². The molecular weight excluding hydrogens is 260 g/mol. The van der Waals surface area contributed by atoms with Crippen LogP contribution in [-0.4, -0.2) is 4.98 Å². The minimum atomic E-state index is 0.439. The number of hydrogen-bond acceptors (Lipinski definition) is 3. The summed E-state index contributed by atoms with van der Waals surface area (Å²) in [5, 5.41) is 10.2. The van der Waals surface area contributed by atoms with Crippen LogP contribution in [0.2, 0.25) is 0 Å². The van der Waals surface area contributed by atoms with Crippen molar-refractivity contribution in [3.05, 3.63) is 65.4 Å². The molecule has 3 rings (SSSR count). The van der Waals surface area contributed by atoms with Crippen molar-refractivity contribution in [3.63, 3.8) is 0 Å². The number of aromatic nitrogens is 1. The van der Waals surface area contributed by atoms with Crippen LogP contribution in [0.5, 0.6) is 11.5 Å². The molecule has 1 heterocycles. The van der Waals surface area contributed by atoms with Crippen LogP contribution >= 0.6 is 0 Å². The van der Waals surface area contributed by atoms with Crippen LogP contribution in [0, 0.1) is 25.2 Å². The van der Waals surface area contributed by atoms with Gasteiger partial charge in [-0.1, -0.05) is 24.3 Å². The first-order valence-electron chi connectivity index (χ1n) is 6.72. The van der Waals surface area contributed by atoms with Crippen molar-refractivity contribution in [2.45, 2.75) is 13.8 Å². The van der Waals surface area contributed by atoms with Crippen molar-refractivity contribution in [3.8, 4) is 17.6 Å². The van der Waals surface area contributed by atoms with E-state index in [9.17, 15) is 5.26 Å². The number of nitrogens with zero attached hydrogens (tertiary/aromatic N) is 2. The zero-order chi connectivity index (χ0) is 14.8. The number of pyridine rings is 1. The maximum absolute atomic E-state index is 9.31. The first kappa shape index (κ1) is 13.1. The predicted octanol–water partition coefficient (Wildman–Crippen LogP) is 4.52. The summed E-state index contributed by atoms with van der Waals surface area (Å²) in [6.45, 7) is 4.01. The summed E-state index contributed by atoms with van der Waals surface area (Å²) in [6, 6.07) is 15.9. The zero-order valence-corrected chi connectivity index (χ0v) is 11.9. The second-order valence-electron chi connectivity index (χ2n) is 5.00. The summed E-state index contributed by atoms with van der Waals surface area (Å²) in [5.74, 6) is 1.33. The molecule has 0 bridgehead atoms. The van der Waals surface area contributed by atoms with E-state index in [1.165, 1.54) is 0 Å². The molecule has 0 saturated heterocycles. The highest BCUT2D eigenvalue weighted by Gasteiger charge is 2.12. The third-order valence-corrected chi connectivity index (χ3v) is 3.40. The molecule has 3 nitrogen and oxygen atoms in total. The predicted molar refractivity (Wildman–Crippen MR) is 82.4 cm³/mol. The molecule has 0 unspecified atom stereocenters. The van der Waals surface area contributed by atoms with E-state index in [0.29, 0.717) is 11.3 Å². The van der Waals surface area contributed by atoms with Crippen molar-refractivity contribution in [2.75, 3.05) is 0 Å². The second-order valence-corrected chi connectivity index (χ2v) is 5.00. The lowest BCUT2D eigenvalue weighted by molar-refractivity contribution is 0.482. The lowest BCUT2D eigenvalue weighted by Gasteiger charge is -2.12. The van der Waals surface area contributed by atoms with E-state index in [1.54, 1.807) is 6.20 Å². The molecular formula is C18H14N2O. The van der Waals surface area contributed by atoms with Gasteiger partial charge in [0.2, 0.25) is 0 Å². The first-order chi connectivity index (χ1) is 10.2. The number of nitriles is 1. The highest BCUT2D eigenvalue weighted by Crippen LogP contribution is 2.33. The smallest absolute Gasteiger partial charge is 0.156 e. The maximum atomic E-state index is 9.31. The molecule has 2 aromatic carbocycles. The van der Waals surface area contributed by atoms with Gasteiger partial charge in [-0.15, -0.1) is 0 Å². The normalized spacial score (nSPS) is 10.3. The van der Waals surface area contributed by atoms with E-state index in [0.717, 1.165) is 27.8 Å². The third kappa shape index (κ3) is 2.44. The molecule has 0 aliphatic rings. The SMILES string of the molecule is Cc1ccc(C)c(Oc2c(C#N)cnc3ccccc23)c1. The number of hydrogen-bond donors (Lipinski definition) is 0. The molecule has 0 radical (unpaired) electrons. The summed E-state index contributed by atoms with van der Waals surface area (Å²) < 4.78 is 6.06. The van der Waals surface area contributed by atoms with Crippen LogP contribution in [0.4, 0.5) is 0 Å². The van der Waals surface area contributed by atoms with Gasteiger partial charge in [0.1, 0.15) is 17.4 Å². The monoisotopic (exact) mass is 274 g/mol. The first-order valence-corrected chi connectivity index (χ1v) is 6.72. The summed E-state index contributed by atoms with van der Waals surface area (Å²) in [6.07, 6.45) is 1.56. The molecule has 1 aromatic heterocycles. The molecule has 0 atom stereocenters. The van der Waals surface area contributed by atoms with E-state index >= 15 is 0 Å². The molecule has 0 fully saturated rings. The Labute approximate surface area is 123 Å². The second kappa shape index (κ2) is 5.26. The van der Waals surface area contributed by atoms with E-state index in [4.69, 9.17) is 4.74 Å². The standard InChI is InChI=1S/C18H14N2O/c1-12-7-8-13(2)17(9-12)21-18-14(10-19)11-20-16-6-4-3-5-15(16)18/h3-9,11H,1-2H3. The van der Waals surface area contributed by atoms with Crippen molar-refractivity contribution >= 4 is 10.9 Å². The van der Waals surface area contributed by atoms with Crippen molar-refractivity contribution < 1.29 is 4.74 Å². The number of para-hydroxylation sites is 1. The van der Waals surface area contributed by atoms with Crippen LogP contribution in [0.1, 0.15) is 16.7 Å². The highest BCUT2D eigenvalue weighted by molar-refractivity contribution is 5.87. The lowest BCUT2D eigenvalue weighted by Crippen LogP contribution is -1.94. The van der Waals surface area contributed by atoms with Crippen LogP contribution in [-0.2, 0) is 0 Å². The number of rotatable bonds is 2. The quantitative estimate of drug-likeness (QED) is 0.690. The van der Waals surface area contributed by atoms with Crippen LogP contribution in [0.3, 0.4) is 0 Å². The summed E-state index contributed by atoms with van der Waals surface area (Å²) in [4.78, 5) is 4.29.